The van der Waals surface area contributed by atoms with E-state index in [0.29, 0.717) is 0 Å². The second-order valence-corrected chi connectivity index (χ2v) is 14.4. The summed E-state index contributed by atoms with van der Waals surface area (Å²) in [4.78, 5) is 0. The van der Waals surface area contributed by atoms with Crippen LogP contribution in [-0.2, 0) is 0 Å². The van der Waals surface area contributed by atoms with Gasteiger partial charge in [0, 0.05) is 0 Å². The van der Waals surface area contributed by atoms with Gasteiger partial charge >= 0.3 is 197 Å². The zero-order valence-electron chi connectivity index (χ0n) is 15.9. The van der Waals surface area contributed by atoms with Crippen LogP contribution in [-0.4, -0.2) is 0 Å². The number of rotatable bonds is 3. The fourth-order valence-electron chi connectivity index (χ4n) is 3.15. The van der Waals surface area contributed by atoms with Crippen molar-refractivity contribution in [1.82, 2.24) is 0 Å². The van der Waals surface area contributed by atoms with E-state index in [1.54, 1.807) is 0 Å². The molecule has 0 unspecified atom stereocenters. The van der Waals surface area contributed by atoms with Crippen LogP contribution in [0.4, 0.5) is 65.9 Å². The molecule has 0 amide bonds. The third-order valence-corrected chi connectivity index (χ3v) is 11.3. The van der Waals surface area contributed by atoms with Crippen LogP contribution in [0, 0.1) is 87.3 Å². The van der Waals surface area contributed by atoms with Crippen molar-refractivity contribution >= 4 is 43.7 Å². The molecule has 0 spiro atoms. The Morgan fingerprint density at radius 3 is 0.500 bits per heavy atom. The molecule has 0 aliphatic carbocycles. The Morgan fingerprint density at radius 2 is 0.361 bits per heavy atom. The molecule has 0 fully saturated rings. The maximum absolute atomic E-state index is 14.7. The Kier molecular flexibility index (Phi) is 6.73. The van der Waals surface area contributed by atoms with Gasteiger partial charge in [-0.2, -0.15) is 0 Å². The molecule has 0 nitrogen and oxygen atoms in total. The summed E-state index contributed by atoms with van der Waals surface area (Å²) >= 11 is 11.4. The Morgan fingerprint density at radius 1 is 0.250 bits per heavy atom. The average molecular weight is 603 g/mol. The van der Waals surface area contributed by atoms with Crippen LogP contribution in [0.15, 0.2) is 0 Å². The van der Waals surface area contributed by atoms with E-state index in [1.807, 2.05) is 0 Å². The van der Waals surface area contributed by atoms with Gasteiger partial charge in [-0.25, -0.2) is 0 Å². The predicted molar refractivity (Wildman–Crippen MR) is 96.2 cm³/mol. The summed E-state index contributed by atoms with van der Waals surface area (Å²) in [7, 11) is 0. The Balaban J connectivity index is 2.88. The number of benzene rings is 3. The van der Waals surface area contributed by atoms with Gasteiger partial charge in [0.25, 0.3) is 0 Å². The molecule has 0 aromatic heterocycles. The van der Waals surface area contributed by atoms with E-state index in [-0.39, 0.29) is 0 Å². The van der Waals surface area contributed by atoms with E-state index in [9.17, 15) is 65.9 Å². The molecule has 0 aliphatic rings. The molecule has 0 N–H and O–H groups in total. The van der Waals surface area contributed by atoms with Gasteiger partial charge in [-0.3, -0.25) is 0 Å². The molecule has 0 saturated heterocycles. The van der Waals surface area contributed by atoms with Gasteiger partial charge < -0.3 is 0 Å². The molecule has 36 heavy (non-hydrogen) atoms. The Hall–Kier alpha value is -2.38. The van der Waals surface area contributed by atoms with E-state index in [2.05, 4.69) is 0 Å². The maximum atomic E-state index is 14.7. The van der Waals surface area contributed by atoms with Crippen LogP contribution < -0.4 is 15.9 Å². The number of hydrogen-bond donors (Lipinski definition) is 0. The minimum atomic E-state index is -8.18. The molecular formula is C18Cl2F15P. The monoisotopic (exact) mass is 602 g/mol. The second kappa shape index (κ2) is 8.59. The zero-order valence-corrected chi connectivity index (χ0v) is 18.3. The summed E-state index contributed by atoms with van der Waals surface area (Å²) in [6, 6.07) is 0. The van der Waals surface area contributed by atoms with Crippen molar-refractivity contribution in [3.63, 3.8) is 0 Å². The van der Waals surface area contributed by atoms with Crippen molar-refractivity contribution < 1.29 is 65.9 Å². The predicted octanol–water partition coefficient (Wildman–Crippen LogP) is 6.91. The standard InChI is InChI=1S/C18Cl2F15P/c19-36(20,16-10(30)4(24)1(21)5(25)11(16)31,17-12(32)6(26)2(22)7(27)13(17)33)18-14(34)8(28)3(23)9(29)15(18)35. The first-order valence-corrected chi connectivity index (χ1v) is 12.4. The van der Waals surface area contributed by atoms with Gasteiger partial charge in [-0.1, -0.05) is 0 Å². The summed E-state index contributed by atoms with van der Waals surface area (Å²) in [6.07, 6.45) is 0. The topological polar surface area (TPSA) is 0 Å². The van der Waals surface area contributed by atoms with Crippen LogP contribution in [0.5, 0.6) is 0 Å². The quantitative estimate of drug-likeness (QED) is 0.132. The van der Waals surface area contributed by atoms with Crippen molar-refractivity contribution in [3.05, 3.63) is 87.3 Å². The fourth-order valence-corrected chi connectivity index (χ4v) is 9.15. The van der Waals surface area contributed by atoms with Gasteiger partial charge in [-0.15, -0.1) is 0 Å². The molecule has 3 aromatic carbocycles. The van der Waals surface area contributed by atoms with Crippen molar-refractivity contribution in [2.24, 2.45) is 0 Å². The van der Waals surface area contributed by atoms with Gasteiger partial charge in [0.05, 0.1) is 0 Å². The Bertz CT molecular complexity index is 1230. The van der Waals surface area contributed by atoms with Crippen molar-refractivity contribution in [3.8, 4) is 0 Å². The summed E-state index contributed by atoms with van der Waals surface area (Å²) < 4.78 is 213. The first kappa shape index (κ1) is 28.2. The first-order chi connectivity index (χ1) is 16.3. The van der Waals surface area contributed by atoms with Crippen molar-refractivity contribution in [1.29, 1.82) is 0 Å². The summed E-state index contributed by atoms with van der Waals surface area (Å²) in [5.74, 6) is -47.8. The van der Waals surface area contributed by atoms with Gasteiger partial charge in [0.2, 0.25) is 0 Å². The molecule has 0 saturated carbocycles. The first-order valence-electron chi connectivity index (χ1n) is 8.34. The number of halogens is 17. The van der Waals surface area contributed by atoms with Crippen molar-refractivity contribution in [2.75, 3.05) is 0 Å². The molecule has 3 rings (SSSR count). The molecule has 0 radical (unpaired) electrons. The van der Waals surface area contributed by atoms with E-state index in [4.69, 9.17) is 22.5 Å². The van der Waals surface area contributed by atoms with E-state index in [0.717, 1.165) is 0 Å². The van der Waals surface area contributed by atoms with Crippen LogP contribution >= 0.6 is 27.8 Å². The van der Waals surface area contributed by atoms with Crippen molar-refractivity contribution in [2.45, 2.75) is 0 Å². The molecule has 0 aliphatic heterocycles. The zero-order chi connectivity index (χ0) is 27.8. The van der Waals surface area contributed by atoms with E-state index in [1.165, 1.54) is 0 Å². The molecular weight excluding hydrogens is 603 g/mol. The molecule has 18 heteroatoms. The number of hydrogen-bond acceptors (Lipinski definition) is 0. The Labute approximate surface area is 197 Å². The molecule has 3 aromatic rings. The van der Waals surface area contributed by atoms with Gasteiger partial charge in [-0.05, 0) is 0 Å². The second-order valence-electron chi connectivity index (χ2n) is 6.66. The van der Waals surface area contributed by atoms with Gasteiger partial charge in [0.1, 0.15) is 0 Å². The molecule has 196 valence electrons. The fraction of sp³-hybridized carbons (Fsp3) is 0. The van der Waals surface area contributed by atoms with Gasteiger partial charge in [0.15, 0.2) is 0 Å². The molecule has 0 heterocycles. The normalized spacial score (nSPS) is 13.2. The van der Waals surface area contributed by atoms with Crippen LogP contribution in [0.3, 0.4) is 0 Å². The summed E-state index contributed by atoms with van der Waals surface area (Å²) in [6.45, 7) is 0. The van der Waals surface area contributed by atoms with E-state index < -0.39 is 108 Å². The minimum absolute atomic E-state index is 3.05. The molecule has 0 bridgehead atoms. The SMILES string of the molecule is Fc1c(F)c(F)c(P(Cl)(Cl)(c2c(F)c(F)c(F)c(F)c2F)c2c(F)c(F)c(F)c(F)c2F)c(F)c1F. The van der Waals surface area contributed by atoms with E-state index >= 15 is 0 Å². The molecule has 0 atom stereocenters. The van der Waals surface area contributed by atoms with Crippen LogP contribution in [0.25, 0.3) is 0 Å². The third kappa shape index (κ3) is 3.38. The third-order valence-electron chi connectivity index (χ3n) is 4.74. The summed E-state index contributed by atoms with van der Waals surface area (Å²) in [5, 5.41) is -17.3. The van der Waals surface area contributed by atoms with Crippen LogP contribution in [0.2, 0.25) is 0 Å². The van der Waals surface area contributed by atoms with Crippen LogP contribution in [0.1, 0.15) is 0 Å². The summed E-state index contributed by atoms with van der Waals surface area (Å²) in [5.41, 5.74) is 0. The average Bonchev–Trinajstić information content (AvgIpc) is 2.81.